The average Bonchev–Trinajstić information content (AvgIpc) is 3.19. The van der Waals surface area contributed by atoms with E-state index in [-0.39, 0.29) is 11.6 Å². The standard InChI is InChI=1S/C20H14FN3O3S/c21-17-11-4-5-12-18(17)28(25,26)24-16-10-6-9-15(13-16)20-23-22-19(27-20)14-7-2-1-3-8-14/h1-13,24H. The molecular weight excluding hydrogens is 381 g/mol. The molecule has 1 aromatic heterocycles. The number of hydrogen-bond acceptors (Lipinski definition) is 5. The highest BCUT2D eigenvalue weighted by Crippen LogP contribution is 2.26. The fourth-order valence-corrected chi connectivity index (χ4v) is 3.76. The zero-order chi connectivity index (χ0) is 19.6. The number of hydrogen-bond donors (Lipinski definition) is 1. The molecule has 0 saturated carbocycles. The van der Waals surface area contributed by atoms with Gasteiger partial charge < -0.3 is 4.42 Å². The third-order valence-electron chi connectivity index (χ3n) is 3.93. The lowest BCUT2D eigenvalue weighted by molar-refractivity contribution is 0.570. The molecule has 1 heterocycles. The molecule has 0 fully saturated rings. The summed E-state index contributed by atoms with van der Waals surface area (Å²) in [5, 5.41) is 8.04. The van der Waals surface area contributed by atoms with Crippen LogP contribution in [0.1, 0.15) is 0 Å². The van der Waals surface area contributed by atoms with Gasteiger partial charge in [-0.25, -0.2) is 12.8 Å². The first-order valence-electron chi connectivity index (χ1n) is 8.30. The Kier molecular flexibility index (Phi) is 4.62. The molecule has 28 heavy (non-hydrogen) atoms. The molecular formula is C20H14FN3O3S. The molecule has 0 bridgehead atoms. The number of halogens is 1. The van der Waals surface area contributed by atoms with Gasteiger partial charge in [-0.1, -0.05) is 36.4 Å². The second kappa shape index (κ2) is 7.24. The second-order valence-electron chi connectivity index (χ2n) is 5.90. The van der Waals surface area contributed by atoms with Gasteiger partial charge in [-0.05, 0) is 42.5 Å². The van der Waals surface area contributed by atoms with Crippen molar-refractivity contribution >= 4 is 15.7 Å². The normalized spacial score (nSPS) is 11.3. The van der Waals surface area contributed by atoms with E-state index in [1.807, 2.05) is 30.3 Å². The van der Waals surface area contributed by atoms with Crippen LogP contribution in [0.15, 0.2) is 88.2 Å². The Morgan fingerprint density at radius 2 is 1.43 bits per heavy atom. The maximum atomic E-state index is 13.8. The van der Waals surface area contributed by atoms with E-state index in [1.165, 1.54) is 18.2 Å². The number of nitrogens with zero attached hydrogens (tertiary/aromatic N) is 2. The number of aromatic nitrogens is 2. The molecule has 0 unspecified atom stereocenters. The Morgan fingerprint density at radius 3 is 2.18 bits per heavy atom. The van der Waals surface area contributed by atoms with Crippen molar-refractivity contribution in [3.8, 4) is 22.9 Å². The van der Waals surface area contributed by atoms with Gasteiger partial charge in [-0.15, -0.1) is 10.2 Å². The molecule has 8 heteroatoms. The highest BCUT2D eigenvalue weighted by atomic mass is 32.2. The van der Waals surface area contributed by atoms with Gasteiger partial charge >= 0.3 is 0 Å². The summed E-state index contributed by atoms with van der Waals surface area (Å²) in [6.45, 7) is 0. The van der Waals surface area contributed by atoms with Gasteiger partial charge in [0.25, 0.3) is 10.0 Å². The molecule has 0 atom stereocenters. The SMILES string of the molecule is O=S(=O)(Nc1cccc(-c2nnc(-c3ccccc3)o2)c1)c1ccccc1F. The van der Waals surface area contributed by atoms with Crippen molar-refractivity contribution in [2.75, 3.05) is 4.72 Å². The molecule has 4 rings (SSSR count). The van der Waals surface area contributed by atoms with Crippen molar-refractivity contribution in [1.82, 2.24) is 10.2 Å². The van der Waals surface area contributed by atoms with Crippen LogP contribution in [0.25, 0.3) is 22.9 Å². The minimum absolute atomic E-state index is 0.241. The van der Waals surface area contributed by atoms with Crippen molar-refractivity contribution in [1.29, 1.82) is 0 Å². The van der Waals surface area contributed by atoms with Crippen molar-refractivity contribution in [2.45, 2.75) is 4.90 Å². The van der Waals surface area contributed by atoms with Gasteiger partial charge in [0.15, 0.2) is 0 Å². The smallest absolute Gasteiger partial charge is 0.264 e. The Balaban J connectivity index is 1.62. The van der Waals surface area contributed by atoms with Gasteiger partial charge in [0.2, 0.25) is 11.8 Å². The molecule has 0 saturated heterocycles. The topological polar surface area (TPSA) is 85.1 Å². The molecule has 0 aliphatic heterocycles. The van der Waals surface area contributed by atoms with Gasteiger partial charge in [0.05, 0.1) is 0 Å². The fraction of sp³-hybridized carbons (Fsp3) is 0. The van der Waals surface area contributed by atoms with Crippen molar-refractivity contribution in [2.24, 2.45) is 0 Å². The molecule has 0 aliphatic rings. The lowest BCUT2D eigenvalue weighted by atomic mass is 10.2. The zero-order valence-electron chi connectivity index (χ0n) is 14.4. The summed E-state index contributed by atoms with van der Waals surface area (Å²) in [5.74, 6) is -0.228. The van der Waals surface area contributed by atoms with Crippen LogP contribution < -0.4 is 4.72 Å². The van der Waals surface area contributed by atoms with Crippen LogP contribution in [0.3, 0.4) is 0 Å². The lowest BCUT2D eigenvalue weighted by Gasteiger charge is -2.09. The minimum atomic E-state index is -4.07. The van der Waals surface area contributed by atoms with Crippen molar-refractivity contribution in [3.05, 3.63) is 84.7 Å². The van der Waals surface area contributed by atoms with Crippen LogP contribution >= 0.6 is 0 Å². The molecule has 4 aromatic rings. The summed E-state index contributed by atoms with van der Waals surface area (Å²) in [7, 11) is -4.07. The summed E-state index contributed by atoms with van der Waals surface area (Å²) in [5.41, 5.74) is 1.56. The van der Waals surface area contributed by atoms with Crippen LogP contribution in [0, 0.1) is 5.82 Å². The van der Waals surface area contributed by atoms with Gasteiger partial charge in [0.1, 0.15) is 10.7 Å². The number of anilines is 1. The Bertz CT molecular complexity index is 1220. The number of sulfonamides is 1. The molecule has 0 aliphatic carbocycles. The van der Waals surface area contributed by atoms with Crippen molar-refractivity contribution < 1.29 is 17.2 Å². The molecule has 1 N–H and O–H groups in total. The maximum Gasteiger partial charge on any atom is 0.264 e. The first-order valence-corrected chi connectivity index (χ1v) is 9.78. The fourth-order valence-electron chi connectivity index (χ4n) is 2.63. The van der Waals surface area contributed by atoms with Crippen LogP contribution in [0.5, 0.6) is 0 Å². The van der Waals surface area contributed by atoms with E-state index >= 15 is 0 Å². The van der Waals surface area contributed by atoms with E-state index in [0.29, 0.717) is 11.5 Å². The van der Waals surface area contributed by atoms with Crippen LogP contribution in [-0.2, 0) is 10.0 Å². The van der Waals surface area contributed by atoms with Crippen LogP contribution in [0.4, 0.5) is 10.1 Å². The maximum absolute atomic E-state index is 13.8. The number of nitrogens with one attached hydrogen (secondary N) is 1. The van der Waals surface area contributed by atoms with Crippen LogP contribution in [0.2, 0.25) is 0 Å². The minimum Gasteiger partial charge on any atom is -0.416 e. The van der Waals surface area contributed by atoms with E-state index < -0.39 is 20.7 Å². The summed E-state index contributed by atoms with van der Waals surface area (Å²) in [6.07, 6.45) is 0. The van der Waals surface area contributed by atoms with E-state index in [9.17, 15) is 12.8 Å². The average molecular weight is 395 g/mol. The van der Waals surface area contributed by atoms with E-state index in [2.05, 4.69) is 14.9 Å². The Labute approximate surface area is 160 Å². The van der Waals surface area contributed by atoms with Gasteiger partial charge in [-0.3, -0.25) is 4.72 Å². The summed E-state index contributed by atoms with van der Waals surface area (Å²) < 4.78 is 46.8. The molecule has 6 nitrogen and oxygen atoms in total. The monoisotopic (exact) mass is 395 g/mol. The van der Waals surface area contributed by atoms with Crippen LogP contribution in [-0.4, -0.2) is 18.6 Å². The second-order valence-corrected chi connectivity index (χ2v) is 7.55. The largest absolute Gasteiger partial charge is 0.416 e. The van der Waals surface area contributed by atoms with E-state index in [4.69, 9.17) is 4.42 Å². The third-order valence-corrected chi connectivity index (χ3v) is 5.35. The van der Waals surface area contributed by atoms with Gasteiger partial charge in [0, 0.05) is 16.8 Å². The first kappa shape index (κ1) is 17.9. The molecule has 0 amide bonds. The zero-order valence-corrected chi connectivity index (χ0v) is 15.2. The predicted octanol–water partition coefficient (Wildman–Crippen LogP) is 4.34. The summed E-state index contributed by atoms with van der Waals surface area (Å²) in [6, 6.07) is 20.9. The predicted molar refractivity (Wildman–Crippen MR) is 102 cm³/mol. The summed E-state index contributed by atoms with van der Waals surface area (Å²) in [4.78, 5) is -0.426. The first-order chi connectivity index (χ1) is 13.5. The van der Waals surface area contributed by atoms with Crippen molar-refractivity contribution in [3.63, 3.8) is 0 Å². The lowest BCUT2D eigenvalue weighted by Crippen LogP contribution is -2.14. The van der Waals surface area contributed by atoms with E-state index in [1.54, 1.807) is 24.3 Å². The highest BCUT2D eigenvalue weighted by Gasteiger charge is 2.19. The number of rotatable bonds is 5. The van der Waals surface area contributed by atoms with Gasteiger partial charge in [-0.2, -0.15) is 0 Å². The Morgan fingerprint density at radius 1 is 0.786 bits per heavy atom. The molecule has 140 valence electrons. The Hall–Kier alpha value is -3.52. The quantitative estimate of drug-likeness (QED) is 0.543. The molecule has 0 radical (unpaired) electrons. The highest BCUT2D eigenvalue weighted by molar-refractivity contribution is 7.92. The number of benzene rings is 3. The molecule has 3 aromatic carbocycles. The summed E-state index contributed by atoms with van der Waals surface area (Å²) >= 11 is 0. The van der Waals surface area contributed by atoms with E-state index in [0.717, 1.165) is 11.6 Å². The third kappa shape index (κ3) is 3.63. The molecule has 0 spiro atoms.